The molecule has 4 rings (SSSR count). The predicted octanol–water partition coefficient (Wildman–Crippen LogP) is 4.50. The summed E-state index contributed by atoms with van der Waals surface area (Å²) in [5, 5.41) is 0. The third kappa shape index (κ3) is 1.52. The standard InChI is InChI=1S/C16H16S/c1-2-5-12(6-3-1)17-16-10-11-9-15(16)14-8-4-7-13(11)14/h1-7,10-11,13-15H,8-9H2/t11-,13+,14-,15-/m0/s1. The van der Waals surface area contributed by atoms with Crippen molar-refractivity contribution in [1.82, 2.24) is 0 Å². The fraction of sp³-hybridized carbons (Fsp3) is 0.375. The molecule has 2 bridgehead atoms. The maximum atomic E-state index is 2.55. The van der Waals surface area contributed by atoms with E-state index < -0.39 is 0 Å². The average Bonchev–Trinajstić information content (AvgIpc) is 3.01. The number of benzene rings is 1. The smallest absolute Gasteiger partial charge is 0.0119 e. The second-order valence-electron chi connectivity index (χ2n) is 5.40. The van der Waals surface area contributed by atoms with Gasteiger partial charge in [0.25, 0.3) is 0 Å². The Morgan fingerprint density at radius 1 is 1.12 bits per heavy atom. The molecule has 3 aliphatic rings. The van der Waals surface area contributed by atoms with Gasteiger partial charge in [-0.15, -0.1) is 0 Å². The molecule has 1 aromatic carbocycles. The summed E-state index contributed by atoms with van der Waals surface area (Å²) in [6.45, 7) is 0. The Morgan fingerprint density at radius 3 is 2.88 bits per heavy atom. The van der Waals surface area contributed by atoms with Gasteiger partial charge in [0, 0.05) is 4.90 Å². The number of hydrogen-bond donors (Lipinski definition) is 0. The summed E-state index contributed by atoms with van der Waals surface area (Å²) in [6, 6.07) is 10.8. The Kier molecular flexibility index (Phi) is 2.23. The molecule has 1 fully saturated rings. The second-order valence-corrected chi connectivity index (χ2v) is 6.54. The minimum Gasteiger partial charge on any atom is -0.0946 e. The van der Waals surface area contributed by atoms with Crippen LogP contribution in [0, 0.1) is 23.7 Å². The number of fused-ring (bicyclic) bond motifs is 5. The van der Waals surface area contributed by atoms with E-state index in [-0.39, 0.29) is 0 Å². The largest absolute Gasteiger partial charge is 0.0946 e. The topological polar surface area (TPSA) is 0 Å². The quantitative estimate of drug-likeness (QED) is 0.686. The van der Waals surface area contributed by atoms with Gasteiger partial charge < -0.3 is 0 Å². The monoisotopic (exact) mass is 240 g/mol. The molecule has 17 heavy (non-hydrogen) atoms. The molecule has 86 valence electrons. The van der Waals surface area contributed by atoms with Crippen molar-refractivity contribution in [3.8, 4) is 0 Å². The SMILES string of the molecule is C1=C[C@H]2[C@H](C1)[C@@H]1C[C@H]2C=C1Sc1ccccc1. The Balaban J connectivity index is 1.58. The fourth-order valence-electron chi connectivity index (χ4n) is 3.79. The summed E-state index contributed by atoms with van der Waals surface area (Å²) in [4.78, 5) is 3.04. The van der Waals surface area contributed by atoms with Crippen LogP contribution >= 0.6 is 11.8 Å². The number of thioether (sulfide) groups is 1. The highest BCUT2D eigenvalue weighted by Gasteiger charge is 2.48. The molecular formula is C16H16S. The highest BCUT2D eigenvalue weighted by Crippen LogP contribution is 2.58. The summed E-state index contributed by atoms with van der Waals surface area (Å²) < 4.78 is 0. The molecule has 0 heterocycles. The van der Waals surface area contributed by atoms with Crippen molar-refractivity contribution in [2.75, 3.05) is 0 Å². The van der Waals surface area contributed by atoms with Gasteiger partial charge in [0.05, 0.1) is 0 Å². The lowest BCUT2D eigenvalue weighted by Gasteiger charge is -2.24. The summed E-state index contributed by atoms with van der Waals surface area (Å²) >= 11 is 2.00. The van der Waals surface area contributed by atoms with Crippen molar-refractivity contribution in [3.05, 3.63) is 53.5 Å². The van der Waals surface area contributed by atoms with E-state index in [1.165, 1.54) is 17.7 Å². The zero-order valence-electron chi connectivity index (χ0n) is 9.75. The third-order valence-corrected chi connectivity index (χ3v) is 5.70. The molecule has 0 amide bonds. The molecule has 0 aliphatic heterocycles. The first-order valence-electron chi connectivity index (χ1n) is 6.53. The molecule has 0 radical (unpaired) electrons. The number of rotatable bonds is 2. The average molecular weight is 240 g/mol. The Hall–Kier alpha value is -0.950. The van der Waals surface area contributed by atoms with E-state index in [0.29, 0.717) is 0 Å². The molecule has 3 aliphatic carbocycles. The maximum absolute atomic E-state index is 2.55. The normalized spacial score (nSPS) is 37.3. The Bertz CT molecular complexity index is 486. The van der Waals surface area contributed by atoms with E-state index in [4.69, 9.17) is 0 Å². The van der Waals surface area contributed by atoms with Crippen molar-refractivity contribution < 1.29 is 0 Å². The lowest BCUT2D eigenvalue weighted by molar-refractivity contribution is 0.394. The van der Waals surface area contributed by atoms with E-state index in [9.17, 15) is 0 Å². The predicted molar refractivity (Wildman–Crippen MR) is 72.7 cm³/mol. The lowest BCUT2D eigenvalue weighted by atomic mass is 9.85. The van der Waals surface area contributed by atoms with Crippen LogP contribution in [0.4, 0.5) is 0 Å². The van der Waals surface area contributed by atoms with Gasteiger partial charge in [-0.25, -0.2) is 0 Å². The zero-order valence-corrected chi connectivity index (χ0v) is 10.6. The van der Waals surface area contributed by atoms with Gasteiger partial charge in [-0.05, 0) is 53.6 Å². The minimum atomic E-state index is 0.843. The van der Waals surface area contributed by atoms with Crippen molar-refractivity contribution in [3.63, 3.8) is 0 Å². The van der Waals surface area contributed by atoms with E-state index in [0.717, 1.165) is 23.7 Å². The van der Waals surface area contributed by atoms with E-state index >= 15 is 0 Å². The first-order valence-corrected chi connectivity index (χ1v) is 7.35. The fourth-order valence-corrected chi connectivity index (χ4v) is 5.02. The maximum Gasteiger partial charge on any atom is 0.0119 e. The Morgan fingerprint density at radius 2 is 2.00 bits per heavy atom. The van der Waals surface area contributed by atoms with Crippen LogP contribution in [0.2, 0.25) is 0 Å². The van der Waals surface area contributed by atoms with Gasteiger partial charge in [-0.3, -0.25) is 0 Å². The second kappa shape index (κ2) is 3.78. The van der Waals surface area contributed by atoms with Gasteiger partial charge in [0.1, 0.15) is 0 Å². The van der Waals surface area contributed by atoms with Crippen LogP contribution in [0.25, 0.3) is 0 Å². The molecule has 1 heteroatoms. The first kappa shape index (κ1) is 10.0. The summed E-state index contributed by atoms with van der Waals surface area (Å²) in [7, 11) is 0. The van der Waals surface area contributed by atoms with Crippen LogP contribution in [-0.4, -0.2) is 0 Å². The van der Waals surface area contributed by atoms with E-state index in [2.05, 4.69) is 48.6 Å². The van der Waals surface area contributed by atoms with Crippen molar-refractivity contribution >= 4 is 11.8 Å². The Labute approximate surface area is 107 Å². The third-order valence-electron chi connectivity index (χ3n) is 4.52. The zero-order chi connectivity index (χ0) is 11.2. The highest BCUT2D eigenvalue weighted by molar-refractivity contribution is 8.03. The van der Waals surface area contributed by atoms with Gasteiger partial charge in [0.15, 0.2) is 0 Å². The number of allylic oxidation sites excluding steroid dienone is 4. The molecule has 0 nitrogen and oxygen atoms in total. The number of hydrogen-bond acceptors (Lipinski definition) is 1. The van der Waals surface area contributed by atoms with Gasteiger partial charge in [-0.2, -0.15) is 0 Å². The summed E-state index contributed by atoms with van der Waals surface area (Å²) in [5.74, 6) is 3.50. The molecule has 0 aromatic heterocycles. The molecule has 1 saturated carbocycles. The van der Waals surface area contributed by atoms with Crippen LogP contribution < -0.4 is 0 Å². The van der Waals surface area contributed by atoms with Crippen LogP contribution in [-0.2, 0) is 0 Å². The molecule has 0 N–H and O–H groups in total. The molecule has 4 atom stereocenters. The molecule has 0 spiro atoms. The molecular weight excluding hydrogens is 224 g/mol. The van der Waals surface area contributed by atoms with Crippen LogP contribution in [0.3, 0.4) is 0 Å². The van der Waals surface area contributed by atoms with Crippen molar-refractivity contribution in [2.24, 2.45) is 23.7 Å². The molecule has 0 saturated heterocycles. The summed E-state index contributed by atoms with van der Waals surface area (Å²) in [6.07, 6.45) is 10.2. The van der Waals surface area contributed by atoms with Gasteiger partial charge in [0.2, 0.25) is 0 Å². The van der Waals surface area contributed by atoms with Crippen LogP contribution in [0.15, 0.2) is 58.4 Å². The van der Waals surface area contributed by atoms with Crippen molar-refractivity contribution in [1.29, 1.82) is 0 Å². The van der Waals surface area contributed by atoms with E-state index in [1.54, 1.807) is 4.91 Å². The van der Waals surface area contributed by atoms with Gasteiger partial charge in [-0.1, -0.05) is 48.2 Å². The van der Waals surface area contributed by atoms with Gasteiger partial charge >= 0.3 is 0 Å². The first-order chi connectivity index (χ1) is 8.42. The van der Waals surface area contributed by atoms with Crippen LogP contribution in [0.1, 0.15) is 12.8 Å². The molecule has 1 aromatic rings. The summed E-state index contributed by atoms with van der Waals surface area (Å²) in [5.41, 5.74) is 0. The van der Waals surface area contributed by atoms with Crippen LogP contribution in [0.5, 0.6) is 0 Å². The highest BCUT2D eigenvalue weighted by atomic mass is 32.2. The lowest BCUT2D eigenvalue weighted by Crippen LogP contribution is -2.15. The minimum absolute atomic E-state index is 0.843. The van der Waals surface area contributed by atoms with E-state index in [1.807, 2.05) is 11.8 Å². The molecule has 0 unspecified atom stereocenters. The van der Waals surface area contributed by atoms with Crippen molar-refractivity contribution in [2.45, 2.75) is 17.7 Å².